The van der Waals surface area contributed by atoms with Crippen LogP contribution < -0.4 is 11.1 Å². The molecule has 1 saturated heterocycles. The van der Waals surface area contributed by atoms with Crippen molar-refractivity contribution >= 4 is 5.91 Å². The molecule has 0 bridgehead atoms. The van der Waals surface area contributed by atoms with E-state index in [0.717, 1.165) is 12.5 Å². The molecular weight excluding hydrogens is 248 g/mol. The van der Waals surface area contributed by atoms with Gasteiger partial charge in [-0.3, -0.25) is 4.79 Å². The summed E-state index contributed by atoms with van der Waals surface area (Å²) >= 11 is 0. The van der Waals surface area contributed by atoms with E-state index in [2.05, 4.69) is 5.32 Å². The Kier molecular flexibility index (Phi) is 2.83. The Hall–Kier alpha value is -1.79. The monoisotopic (exact) mass is 264 g/mol. The molecule has 1 amide bonds. The third-order valence-corrected chi connectivity index (χ3v) is 3.97. The molecule has 1 aliphatic carbocycles. The van der Waals surface area contributed by atoms with Crippen molar-refractivity contribution < 1.29 is 19.7 Å². The molecule has 0 radical (unpaired) electrons. The fourth-order valence-electron chi connectivity index (χ4n) is 2.87. The number of fused-ring (bicyclic) bond motifs is 1. The molecule has 6 nitrogen and oxygen atoms in total. The molecule has 2 aliphatic rings. The summed E-state index contributed by atoms with van der Waals surface area (Å²) in [6.45, 7) is 0.680. The summed E-state index contributed by atoms with van der Waals surface area (Å²) in [5.74, 6) is -0.437. The third kappa shape index (κ3) is 1.93. The molecule has 5 N–H and O–H groups in total. The first kappa shape index (κ1) is 12.3. The van der Waals surface area contributed by atoms with Gasteiger partial charge in [-0.25, -0.2) is 0 Å². The van der Waals surface area contributed by atoms with Gasteiger partial charge in [0.25, 0.3) is 5.91 Å². The van der Waals surface area contributed by atoms with Crippen LogP contribution >= 0.6 is 0 Å². The first-order chi connectivity index (χ1) is 9.08. The zero-order chi connectivity index (χ0) is 13.6. The lowest BCUT2D eigenvalue weighted by atomic mass is 9.72. The first-order valence-electron chi connectivity index (χ1n) is 6.28. The highest BCUT2D eigenvalue weighted by molar-refractivity contribution is 5.97. The molecule has 0 aromatic heterocycles. The van der Waals surface area contributed by atoms with Crippen molar-refractivity contribution in [2.75, 3.05) is 6.61 Å². The van der Waals surface area contributed by atoms with E-state index in [1.807, 2.05) is 0 Å². The van der Waals surface area contributed by atoms with Crippen LogP contribution in [0, 0.1) is 5.92 Å². The lowest BCUT2D eigenvalue weighted by molar-refractivity contribution is -0.0161. The maximum atomic E-state index is 12.1. The summed E-state index contributed by atoms with van der Waals surface area (Å²) in [5, 5.41) is 21.6. The molecule has 6 heteroatoms. The van der Waals surface area contributed by atoms with E-state index in [4.69, 9.17) is 10.5 Å². The number of amides is 1. The number of nitrogens with one attached hydrogen (secondary N) is 1. The standard InChI is InChI=1S/C13H16N2O4/c14-10-8-3-4-19-12(8)11(10)15-13(18)7-2-1-6(16)5-9(7)17/h1-2,5,8,10-12,16-17H,3-4,14H2,(H,15,18). The molecule has 3 rings (SSSR count). The van der Waals surface area contributed by atoms with Crippen LogP contribution in [-0.4, -0.2) is 40.9 Å². The van der Waals surface area contributed by atoms with Gasteiger partial charge in [-0.15, -0.1) is 0 Å². The largest absolute Gasteiger partial charge is 0.508 e. The average Bonchev–Trinajstić information content (AvgIpc) is 2.80. The van der Waals surface area contributed by atoms with Gasteiger partial charge in [-0.2, -0.15) is 0 Å². The number of phenolic OH excluding ortho intramolecular Hbond substituents is 2. The van der Waals surface area contributed by atoms with Crippen molar-refractivity contribution in [3.63, 3.8) is 0 Å². The number of carbonyl (C=O) groups is 1. The Morgan fingerprint density at radius 2 is 2.21 bits per heavy atom. The van der Waals surface area contributed by atoms with Crippen LogP contribution in [0.15, 0.2) is 18.2 Å². The number of hydrogen-bond acceptors (Lipinski definition) is 5. The smallest absolute Gasteiger partial charge is 0.255 e. The molecule has 2 fully saturated rings. The normalized spacial score (nSPS) is 32.5. The zero-order valence-corrected chi connectivity index (χ0v) is 10.2. The summed E-state index contributed by atoms with van der Waals surface area (Å²) in [7, 11) is 0. The Morgan fingerprint density at radius 1 is 1.42 bits per heavy atom. The van der Waals surface area contributed by atoms with Crippen LogP contribution in [0.5, 0.6) is 11.5 Å². The van der Waals surface area contributed by atoms with Crippen LogP contribution in [0.4, 0.5) is 0 Å². The van der Waals surface area contributed by atoms with E-state index < -0.39 is 5.91 Å². The lowest BCUT2D eigenvalue weighted by Crippen LogP contribution is -2.68. The molecule has 4 unspecified atom stereocenters. The average molecular weight is 264 g/mol. The van der Waals surface area contributed by atoms with Crippen molar-refractivity contribution in [2.45, 2.75) is 24.6 Å². The Balaban J connectivity index is 1.71. The molecule has 1 aliphatic heterocycles. The summed E-state index contributed by atoms with van der Waals surface area (Å²) in [4.78, 5) is 12.1. The predicted molar refractivity (Wildman–Crippen MR) is 66.8 cm³/mol. The van der Waals surface area contributed by atoms with Gasteiger partial charge in [0.1, 0.15) is 11.5 Å². The second-order valence-electron chi connectivity index (χ2n) is 5.07. The lowest BCUT2D eigenvalue weighted by Gasteiger charge is -2.45. The number of aromatic hydroxyl groups is 2. The van der Waals surface area contributed by atoms with Crippen LogP contribution in [0.3, 0.4) is 0 Å². The van der Waals surface area contributed by atoms with Crippen LogP contribution in [0.2, 0.25) is 0 Å². The first-order valence-corrected chi connectivity index (χ1v) is 6.28. The minimum atomic E-state index is -0.410. The van der Waals surface area contributed by atoms with Crippen LogP contribution in [0.1, 0.15) is 16.8 Å². The number of phenols is 2. The summed E-state index contributed by atoms with van der Waals surface area (Å²) in [6, 6.07) is 3.54. The quantitative estimate of drug-likeness (QED) is 0.599. The number of rotatable bonds is 2. The number of ether oxygens (including phenoxy) is 1. The van der Waals surface area contributed by atoms with E-state index in [1.165, 1.54) is 12.1 Å². The highest BCUT2D eigenvalue weighted by atomic mass is 16.5. The topological polar surface area (TPSA) is 105 Å². The van der Waals surface area contributed by atoms with Gasteiger partial charge in [-0.05, 0) is 18.6 Å². The molecule has 19 heavy (non-hydrogen) atoms. The summed E-state index contributed by atoms with van der Waals surface area (Å²) in [6.07, 6.45) is 0.918. The fraction of sp³-hybridized carbons (Fsp3) is 0.462. The van der Waals surface area contributed by atoms with Crippen LogP contribution in [0.25, 0.3) is 0 Å². The maximum Gasteiger partial charge on any atom is 0.255 e. The van der Waals surface area contributed by atoms with Crippen molar-refractivity contribution in [3.05, 3.63) is 23.8 Å². The number of nitrogens with two attached hydrogens (primary N) is 1. The van der Waals surface area contributed by atoms with Crippen molar-refractivity contribution in [2.24, 2.45) is 11.7 Å². The predicted octanol–water partition coefficient (Wildman–Crippen LogP) is -0.0578. The fourth-order valence-corrected chi connectivity index (χ4v) is 2.87. The second kappa shape index (κ2) is 4.40. The molecule has 0 spiro atoms. The van der Waals surface area contributed by atoms with Gasteiger partial charge < -0.3 is 26.0 Å². The molecule has 102 valence electrons. The van der Waals surface area contributed by atoms with Crippen molar-refractivity contribution in [1.29, 1.82) is 0 Å². The van der Waals surface area contributed by atoms with Crippen molar-refractivity contribution in [3.8, 4) is 11.5 Å². The van der Waals surface area contributed by atoms with Crippen molar-refractivity contribution in [1.82, 2.24) is 5.32 Å². The van der Waals surface area contributed by atoms with Gasteiger partial charge in [0.15, 0.2) is 0 Å². The Labute approximate surface area is 110 Å². The highest BCUT2D eigenvalue weighted by Gasteiger charge is 2.52. The molecule has 1 saturated carbocycles. The maximum absolute atomic E-state index is 12.1. The highest BCUT2D eigenvalue weighted by Crippen LogP contribution is 2.38. The summed E-state index contributed by atoms with van der Waals surface area (Å²) in [5.41, 5.74) is 6.12. The minimum absolute atomic E-state index is 0.0155. The minimum Gasteiger partial charge on any atom is -0.508 e. The van der Waals surface area contributed by atoms with Gasteiger partial charge >= 0.3 is 0 Å². The molecule has 1 aromatic rings. The third-order valence-electron chi connectivity index (χ3n) is 3.97. The van der Waals surface area contributed by atoms with Gasteiger partial charge in [0, 0.05) is 24.6 Å². The van der Waals surface area contributed by atoms with E-state index in [1.54, 1.807) is 0 Å². The Bertz CT molecular complexity index is 519. The van der Waals surface area contributed by atoms with Gasteiger partial charge in [-0.1, -0.05) is 0 Å². The molecule has 4 atom stereocenters. The van der Waals surface area contributed by atoms with E-state index in [9.17, 15) is 15.0 Å². The SMILES string of the molecule is NC1C2CCOC2C1NC(=O)c1ccc(O)cc1O. The number of carbonyl (C=O) groups excluding carboxylic acids is 1. The molecule has 1 aromatic carbocycles. The van der Waals surface area contributed by atoms with Crippen LogP contribution in [-0.2, 0) is 4.74 Å². The molecular formula is C13H16N2O4. The number of hydrogen-bond donors (Lipinski definition) is 4. The Morgan fingerprint density at radius 3 is 2.95 bits per heavy atom. The van der Waals surface area contributed by atoms with E-state index in [0.29, 0.717) is 12.5 Å². The summed E-state index contributed by atoms with van der Waals surface area (Å²) < 4.78 is 5.52. The second-order valence-corrected chi connectivity index (χ2v) is 5.07. The zero-order valence-electron chi connectivity index (χ0n) is 10.2. The van der Waals surface area contributed by atoms with E-state index in [-0.39, 0.29) is 35.3 Å². The van der Waals surface area contributed by atoms with E-state index >= 15 is 0 Å². The molecule has 1 heterocycles. The number of benzene rings is 1. The van der Waals surface area contributed by atoms with Gasteiger partial charge in [0.2, 0.25) is 0 Å². The van der Waals surface area contributed by atoms with Gasteiger partial charge in [0.05, 0.1) is 17.7 Å².